The van der Waals surface area contributed by atoms with Crippen molar-refractivity contribution in [3.05, 3.63) is 61.3 Å². The highest BCUT2D eigenvalue weighted by Gasteiger charge is 1.93. The van der Waals surface area contributed by atoms with Crippen molar-refractivity contribution in [1.29, 1.82) is 0 Å². The quantitative estimate of drug-likeness (QED) is 0.638. The summed E-state index contributed by atoms with van der Waals surface area (Å²) in [6, 6.07) is 0. The Hall–Kier alpha value is -1.34. The van der Waals surface area contributed by atoms with Crippen LogP contribution in [0.15, 0.2) is 61.3 Å². The Labute approximate surface area is 86.5 Å². The Kier molecular flexibility index (Phi) is 8.81. The number of allylic oxidation sites excluding steroid dienone is 7. The van der Waals surface area contributed by atoms with Crippen LogP contribution in [0.3, 0.4) is 0 Å². The Morgan fingerprint density at radius 1 is 1.07 bits per heavy atom. The number of aliphatic hydroxyl groups is 1. The van der Waals surface area contributed by atoms with Gasteiger partial charge in [-0.15, -0.1) is 0 Å². The number of hydrogen-bond donors (Lipinski definition) is 1. The molecule has 0 spiro atoms. The fraction of sp³-hybridized carbons (Fsp3) is 0.231. The summed E-state index contributed by atoms with van der Waals surface area (Å²) in [6.07, 6.45) is 17.1. The van der Waals surface area contributed by atoms with E-state index in [4.69, 9.17) is 5.11 Å². The van der Waals surface area contributed by atoms with Crippen LogP contribution in [0.25, 0.3) is 0 Å². The molecule has 0 fully saturated rings. The van der Waals surface area contributed by atoms with E-state index in [1.807, 2.05) is 55.5 Å². The molecule has 0 aliphatic rings. The molecule has 0 saturated heterocycles. The summed E-state index contributed by atoms with van der Waals surface area (Å²) < 4.78 is 0. The van der Waals surface area contributed by atoms with Crippen LogP contribution < -0.4 is 0 Å². The van der Waals surface area contributed by atoms with Crippen LogP contribution >= 0.6 is 0 Å². The minimum atomic E-state index is 0.0839. The van der Waals surface area contributed by atoms with Crippen molar-refractivity contribution in [2.45, 2.75) is 6.92 Å². The van der Waals surface area contributed by atoms with Gasteiger partial charge < -0.3 is 5.11 Å². The van der Waals surface area contributed by atoms with Crippen LogP contribution in [-0.2, 0) is 0 Å². The lowest BCUT2D eigenvalue weighted by Gasteiger charge is -1.99. The molecular weight excluding hydrogens is 172 g/mol. The van der Waals surface area contributed by atoms with Crippen LogP contribution in [-0.4, -0.2) is 11.7 Å². The van der Waals surface area contributed by atoms with Gasteiger partial charge in [0.05, 0.1) is 6.61 Å². The fourth-order valence-electron chi connectivity index (χ4n) is 0.853. The monoisotopic (exact) mass is 190 g/mol. The molecule has 0 bridgehead atoms. The molecule has 14 heavy (non-hydrogen) atoms. The molecule has 0 aromatic heterocycles. The first-order valence-electron chi connectivity index (χ1n) is 4.71. The Morgan fingerprint density at radius 2 is 1.71 bits per heavy atom. The van der Waals surface area contributed by atoms with E-state index in [2.05, 4.69) is 6.58 Å². The summed E-state index contributed by atoms with van der Waals surface area (Å²) >= 11 is 0. The Balaban J connectivity index is 4.07. The van der Waals surface area contributed by atoms with Crippen molar-refractivity contribution >= 4 is 0 Å². The van der Waals surface area contributed by atoms with Gasteiger partial charge in [0.2, 0.25) is 0 Å². The SMILES string of the molecule is C=CC=CC=C[C@@H](C=CC=CC)CO. The molecule has 0 aromatic rings. The van der Waals surface area contributed by atoms with Crippen LogP contribution in [0.2, 0.25) is 0 Å². The van der Waals surface area contributed by atoms with Gasteiger partial charge in [0, 0.05) is 5.92 Å². The molecule has 0 aliphatic carbocycles. The summed E-state index contributed by atoms with van der Waals surface area (Å²) in [5, 5.41) is 9.01. The van der Waals surface area contributed by atoms with Gasteiger partial charge in [0.25, 0.3) is 0 Å². The lowest BCUT2D eigenvalue weighted by Crippen LogP contribution is -1.97. The average molecular weight is 190 g/mol. The molecule has 0 rings (SSSR count). The van der Waals surface area contributed by atoms with Crippen molar-refractivity contribution < 1.29 is 5.11 Å². The van der Waals surface area contributed by atoms with E-state index in [0.29, 0.717) is 0 Å². The van der Waals surface area contributed by atoms with Crippen molar-refractivity contribution in [3.63, 3.8) is 0 Å². The van der Waals surface area contributed by atoms with Crippen molar-refractivity contribution in [1.82, 2.24) is 0 Å². The molecule has 0 saturated carbocycles. The second-order valence-electron chi connectivity index (χ2n) is 2.76. The van der Waals surface area contributed by atoms with Gasteiger partial charge >= 0.3 is 0 Å². The van der Waals surface area contributed by atoms with Gasteiger partial charge in [-0.1, -0.05) is 61.3 Å². The normalized spacial score (nSPS) is 15.0. The molecule has 1 nitrogen and oxygen atoms in total. The zero-order valence-electron chi connectivity index (χ0n) is 8.63. The maximum absolute atomic E-state index is 9.01. The third-order valence-electron chi connectivity index (χ3n) is 1.59. The minimum absolute atomic E-state index is 0.0839. The number of rotatable bonds is 6. The smallest absolute Gasteiger partial charge is 0.0528 e. The molecule has 0 aromatic carbocycles. The maximum atomic E-state index is 9.01. The molecule has 1 N–H and O–H groups in total. The average Bonchev–Trinajstić information content (AvgIpc) is 2.22. The Bertz CT molecular complexity index is 244. The summed E-state index contributed by atoms with van der Waals surface area (Å²) in [5.41, 5.74) is 0. The van der Waals surface area contributed by atoms with Gasteiger partial charge in [-0.2, -0.15) is 0 Å². The van der Waals surface area contributed by atoms with E-state index < -0.39 is 0 Å². The van der Waals surface area contributed by atoms with Gasteiger partial charge in [0.15, 0.2) is 0 Å². The standard InChI is InChI=1S/C13H18O/c1-3-5-7-9-11-13(12-14)10-8-6-4-2/h3-11,13-14H,1,12H2,2H3/t13-/m1/s1. The predicted octanol–water partition coefficient (Wildman–Crippen LogP) is 3.03. The van der Waals surface area contributed by atoms with Crippen molar-refractivity contribution in [2.75, 3.05) is 6.61 Å². The van der Waals surface area contributed by atoms with E-state index in [9.17, 15) is 0 Å². The zero-order valence-corrected chi connectivity index (χ0v) is 8.63. The van der Waals surface area contributed by atoms with Gasteiger partial charge in [-0.05, 0) is 6.92 Å². The van der Waals surface area contributed by atoms with Gasteiger partial charge in [-0.25, -0.2) is 0 Å². The van der Waals surface area contributed by atoms with Gasteiger partial charge in [0.1, 0.15) is 0 Å². The topological polar surface area (TPSA) is 20.2 Å². The first kappa shape index (κ1) is 12.7. The highest BCUT2D eigenvalue weighted by Crippen LogP contribution is 2.00. The van der Waals surface area contributed by atoms with Crippen LogP contribution in [0.1, 0.15) is 6.92 Å². The number of hydrogen-bond acceptors (Lipinski definition) is 1. The molecule has 0 heterocycles. The maximum Gasteiger partial charge on any atom is 0.0528 e. The first-order valence-corrected chi connectivity index (χ1v) is 4.71. The molecule has 0 radical (unpaired) electrons. The molecule has 1 heteroatoms. The summed E-state index contributed by atoms with van der Waals surface area (Å²) in [6.45, 7) is 5.66. The molecule has 0 aliphatic heterocycles. The number of aliphatic hydroxyl groups excluding tert-OH is 1. The molecule has 0 unspecified atom stereocenters. The Morgan fingerprint density at radius 3 is 2.21 bits per heavy atom. The third kappa shape index (κ3) is 7.32. The largest absolute Gasteiger partial charge is 0.395 e. The lowest BCUT2D eigenvalue weighted by molar-refractivity contribution is 0.274. The van der Waals surface area contributed by atoms with E-state index in [1.165, 1.54) is 0 Å². The molecule has 76 valence electrons. The fourth-order valence-corrected chi connectivity index (χ4v) is 0.853. The van der Waals surface area contributed by atoms with E-state index in [-0.39, 0.29) is 12.5 Å². The minimum Gasteiger partial charge on any atom is -0.395 e. The second-order valence-corrected chi connectivity index (χ2v) is 2.76. The van der Waals surface area contributed by atoms with Crippen LogP contribution in [0.5, 0.6) is 0 Å². The molecule has 0 amide bonds. The molecule has 1 atom stereocenters. The third-order valence-corrected chi connectivity index (χ3v) is 1.59. The van der Waals surface area contributed by atoms with Crippen molar-refractivity contribution in [3.8, 4) is 0 Å². The highest BCUT2D eigenvalue weighted by molar-refractivity contribution is 5.14. The molecular formula is C13H18O. The zero-order chi connectivity index (χ0) is 10.6. The van der Waals surface area contributed by atoms with E-state index in [1.54, 1.807) is 6.08 Å². The predicted molar refractivity (Wildman–Crippen MR) is 63.0 cm³/mol. The first-order chi connectivity index (χ1) is 6.85. The van der Waals surface area contributed by atoms with Crippen LogP contribution in [0, 0.1) is 5.92 Å². The van der Waals surface area contributed by atoms with Gasteiger partial charge in [-0.3, -0.25) is 0 Å². The second kappa shape index (κ2) is 9.75. The summed E-state index contributed by atoms with van der Waals surface area (Å²) in [7, 11) is 0. The summed E-state index contributed by atoms with van der Waals surface area (Å²) in [5.74, 6) is 0.0839. The van der Waals surface area contributed by atoms with Crippen LogP contribution in [0.4, 0.5) is 0 Å². The lowest BCUT2D eigenvalue weighted by atomic mass is 10.1. The summed E-state index contributed by atoms with van der Waals surface area (Å²) in [4.78, 5) is 0. The highest BCUT2D eigenvalue weighted by atomic mass is 16.3. The van der Waals surface area contributed by atoms with Crippen molar-refractivity contribution in [2.24, 2.45) is 5.92 Å². The van der Waals surface area contributed by atoms with E-state index >= 15 is 0 Å². The van der Waals surface area contributed by atoms with E-state index in [0.717, 1.165) is 0 Å².